The van der Waals surface area contributed by atoms with Crippen molar-refractivity contribution in [3.05, 3.63) is 0 Å². The van der Waals surface area contributed by atoms with Crippen LogP contribution in [0.4, 0.5) is 0 Å². The first-order chi connectivity index (χ1) is 6.52. The SMILES string of the molecule is CC(C)CCCCCC(O)CC(=O)O. The number of carboxylic acid groups (broad SMARTS) is 1. The molecule has 0 heterocycles. The van der Waals surface area contributed by atoms with E-state index in [0.717, 1.165) is 18.8 Å². The highest BCUT2D eigenvalue weighted by molar-refractivity contribution is 5.67. The van der Waals surface area contributed by atoms with Crippen LogP contribution in [0.3, 0.4) is 0 Å². The summed E-state index contributed by atoms with van der Waals surface area (Å²) in [6.07, 6.45) is 4.25. The Morgan fingerprint density at radius 1 is 1.14 bits per heavy atom. The number of rotatable bonds is 8. The number of hydrogen-bond donors (Lipinski definition) is 2. The minimum Gasteiger partial charge on any atom is -0.481 e. The third kappa shape index (κ3) is 9.52. The van der Waals surface area contributed by atoms with E-state index >= 15 is 0 Å². The van der Waals surface area contributed by atoms with E-state index in [1.54, 1.807) is 0 Å². The van der Waals surface area contributed by atoms with Gasteiger partial charge >= 0.3 is 5.97 Å². The number of hydrogen-bond acceptors (Lipinski definition) is 2. The molecule has 0 aliphatic carbocycles. The van der Waals surface area contributed by atoms with Gasteiger partial charge in [0.1, 0.15) is 0 Å². The van der Waals surface area contributed by atoms with E-state index in [1.807, 2.05) is 0 Å². The van der Waals surface area contributed by atoms with Crippen LogP contribution in [0.15, 0.2) is 0 Å². The van der Waals surface area contributed by atoms with Gasteiger partial charge in [-0.25, -0.2) is 0 Å². The number of carbonyl (C=O) groups is 1. The fourth-order valence-corrected chi connectivity index (χ4v) is 1.41. The summed E-state index contributed by atoms with van der Waals surface area (Å²) in [7, 11) is 0. The van der Waals surface area contributed by atoms with Gasteiger partial charge in [-0.2, -0.15) is 0 Å². The Morgan fingerprint density at radius 2 is 1.71 bits per heavy atom. The number of carboxylic acids is 1. The molecule has 0 radical (unpaired) electrons. The maximum atomic E-state index is 10.2. The lowest BCUT2D eigenvalue weighted by Gasteiger charge is -2.08. The quantitative estimate of drug-likeness (QED) is 0.594. The number of unbranched alkanes of at least 4 members (excludes halogenated alkanes) is 2. The Morgan fingerprint density at radius 3 is 2.21 bits per heavy atom. The van der Waals surface area contributed by atoms with Crippen molar-refractivity contribution in [2.24, 2.45) is 5.92 Å². The maximum absolute atomic E-state index is 10.2. The van der Waals surface area contributed by atoms with Gasteiger partial charge in [0.2, 0.25) is 0 Å². The summed E-state index contributed by atoms with van der Waals surface area (Å²) < 4.78 is 0. The lowest BCUT2D eigenvalue weighted by atomic mass is 10.0. The molecule has 0 aromatic rings. The van der Waals surface area contributed by atoms with Crippen molar-refractivity contribution in [1.29, 1.82) is 0 Å². The second kappa shape index (κ2) is 7.80. The van der Waals surface area contributed by atoms with Crippen LogP contribution in [0.1, 0.15) is 52.4 Å². The molecule has 0 aliphatic rings. The van der Waals surface area contributed by atoms with E-state index in [1.165, 1.54) is 12.8 Å². The van der Waals surface area contributed by atoms with Crippen LogP contribution >= 0.6 is 0 Å². The van der Waals surface area contributed by atoms with Crippen molar-refractivity contribution in [3.63, 3.8) is 0 Å². The molecule has 0 rings (SSSR count). The molecule has 1 unspecified atom stereocenters. The van der Waals surface area contributed by atoms with Gasteiger partial charge in [0.25, 0.3) is 0 Å². The molecule has 2 N–H and O–H groups in total. The predicted molar refractivity (Wildman–Crippen MR) is 56.2 cm³/mol. The second-order valence-corrected chi connectivity index (χ2v) is 4.28. The summed E-state index contributed by atoms with van der Waals surface area (Å²) in [6.45, 7) is 4.39. The van der Waals surface area contributed by atoms with Crippen molar-refractivity contribution >= 4 is 5.97 Å². The normalized spacial score (nSPS) is 13.1. The molecule has 0 aliphatic heterocycles. The van der Waals surface area contributed by atoms with Crippen LogP contribution < -0.4 is 0 Å². The third-order valence-corrected chi connectivity index (χ3v) is 2.23. The highest BCUT2D eigenvalue weighted by atomic mass is 16.4. The fraction of sp³-hybridized carbons (Fsp3) is 0.909. The van der Waals surface area contributed by atoms with Gasteiger partial charge in [0.05, 0.1) is 12.5 Å². The van der Waals surface area contributed by atoms with Crippen LogP contribution in [0, 0.1) is 5.92 Å². The molecule has 84 valence electrons. The summed E-state index contributed by atoms with van der Waals surface area (Å²) >= 11 is 0. The highest BCUT2D eigenvalue weighted by Gasteiger charge is 2.08. The molecule has 14 heavy (non-hydrogen) atoms. The lowest BCUT2D eigenvalue weighted by Crippen LogP contribution is -2.12. The van der Waals surface area contributed by atoms with E-state index in [2.05, 4.69) is 13.8 Å². The van der Waals surface area contributed by atoms with Crippen molar-refractivity contribution in [2.45, 2.75) is 58.5 Å². The lowest BCUT2D eigenvalue weighted by molar-refractivity contribution is -0.139. The van der Waals surface area contributed by atoms with Gasteiger partial charge in [-0.3, -0.25) is 4.79 Å². The summed E-state index contributed by atoms with van der Waals surface area (Å²) in [5, 5.41) is 17.6. The number of aliphatic hydroxyl groups is 1. The van der Waals surface area contributed by atoms with Gasteiger partial charge in [-0.1, -0.05) is 39.5 Å². The van der Waals surface area contributed by atoms with E-state index in [-0.39, 0.29) is 6.42 Å². The third-order valence-electron chi connectivity index (χ3n) is 2.23. The molecule has 0 amide bonds. The number of aliphatic carboxylic acids is 1. The molecule has 0 aromatic heterocycles. The van der Waals surface area contributed by atoms with Crippen LogP contribution in [0.5, 0.6) is 0 Å². The predicted octanol–water partition coefficient (Wildman–Crippen LogP) is 2.43. The first kappa shape index (κ1) is 13.4. The standard InChI is InChI=1S/C11H22O3/c1-9(2)6-4-3-5-7-10(12)8-11(13)14/h9-10,12H,3-8H2,1-2H3,(H,13,14). The summed E-state index contributed by atoms with van der Waals surface area (Å²) in [5.41, 5.74) is 0. The van der Waals surface area contributed by atoms with E-state index in [4.69, 9.17) is 5.11 Å². The minimum atomic E-state index is -0.917. The van der Waals surface area contributed by atoms with Gasteiger partial charge in [-0.15, -0.1) is 0 Å². The monoisotopic (exact) mass is 202 g/mol. The molecule has 0 bridgehead atoms. The van der Waals surface area contributed by atoms with Gasteiger partial charge in [0, 0.05) is 0 Å². The van der Waals surface area contributed by atoms with Crippen LogP contribution in [-0.2, 0) is 4.79 Å². The largest absolute Gasteiger partial charge is 0.481 e. The van der Waals surface area contributed by atoms with Crippen molar-refractivity contribution in [1.82, 2.24) is 0 Å². The van der Waals surface area contributed by atoms with Crippen LogP contribution in [0.25, 0.3) is 0 Å². The molecule has 0 spiro atoms. The Kier molecular flexibility index (Phi) is 7.48. The molecule has 0 saturated heterocycles. The van der Waals surface area contributed by atoms with Crippen molar-refractivity contribution < 1.29 is 15.0 Å². The van der Waals surface area contributed by atoms with E-state index in [9.17, 15) is 9.90 Å². The Bertz CT molecular complexity index is 155. The molecule has 0 fully saturated rings. The maximum Gasteiger partial charge on any atom is 0.305 e. The first-order valence-electron chi connectivity index (χ1n) is 5.42. The molecule has 3 heteroatoms. The average molecular weight is 202 g/mol. The molecular weight excluding hydrogens is 180 g/mol. The Hall–Kier alpha value is -0.570. The zero-order valence-electron chi connectivity index (χ0n) is 9.20. The van der Waals surface area contributed by atoms with E-state index in [0.29, 0.717) is 6.42 Å². The van der Waals surface area contributed by atoms with Gasteiger partial charge < -0.3 is 10.2 Å². The van der Waals surface area contributed by atoms with Crippen molar-refractivity contribution in [3.8, 4) is 0 Å². The smallest absolute Gasteiger partial charge is 0.305 e. The minimum absolute atomic E-state index is 0.121. The highest BCUT2D eigenvalue weighted by Crippen LogP contribution is 2.11. The van der Waals surface area contributed by atoms with Crippen molar-refractivity contribution in [2.75, 3.05) is 0 Å². The van der Waals surface area contributed by atoms with Crippen LogP contribution in [-0.4, -0.2) is 22.3 Å². The topological polar surface area (TPSA) is 57.5 Å². The zero-order chi connectivity index (χ0) is 11.0. The van der Waals surface area contributed by atoms with Gasteiger partial charge in [0.15, 0.2) is 0 Å². The fourth-order valence-electron chi connectivity index (χ4n) is 1.41. The number of aliphatic hydroxyl groups excluding tert-OH is 1. The zero-order valence-corrected chi connectivity index (χ0v) is 9.20. The van der Waals surface area contributed by atoms with Gasteiger partial charge in [-0.05, 0) is 12.3 Å². The summed E-state index contributed by atoms with van der Waals surface area (Å²) in [6, 6.07) is 0. The first-order valence-corrected chi connectivity index (χ1v) is 5.42. The Balaban J connectivity index is 3.23. The van der Waals surface area contributed by atoms with Crippen LogP contribution in [0.2, 0.25) is 0 Å². The molecule has 0 saturated carbocycles. The molecule has 3 nitrogen and oxygen atoms in total. The molecule has 1 atom stereocenters. The van der Waals surface area contributed by atoms with E-state index < -0.39 is 12.1 Å². The Labute approximate surface area is 86.1 Å². The summed E-state index contributed by atoms with van der Waals surface area (Å²) in [5.74, 6) is -0.182. The average Bonchev–Trinajstić information content (AvgIpc) is 2.01. The molecular formula is C11H22O3. The second-order valence-electron chi connectivity index (χ2n) is 4.28. The summed E-state index contributed by atoms with van der Waals surface area (Å²) in [4.78, 5) is 10.2. The molecule has 0 aromatic carbocycles.